The smallest absolute Gasteiger partial charge is 0.140 e. The van der Waals surface area contributed by atoms with Gasteiger partial charge in [0.25, 0.3) is 0 Å². The van der Waals surface area contributed by atoms with Crippen molar-refractivity contribution >= 4 is 11.6 Å². The van der Waals surface area contributed by atoms with Crippen molar-refractivity contribution in [2.75, 3.05) is 0 Å². The maximum atomic E-state index is 6.14. The molecule has 0 aliphatic carbocycles. The van der Waals surface area contributed by atoms with Crippen molar-refractivity contribution < 1.29 is 0 Å². The summed E-state index contributed by atoms with van der Waals surface area (Å²) in [7, 11) is 1.88. The van der Waals surface area contributed by atoms with Crippen molar-refractivity contribution in [2.24, 2.45) is 7.05 Å². The average molecular weight is 251 g/mol. The van der Waals surface area contributed by atoms with E-state index in [1.807, 2.05) is 31.3 Å². The van der Waals surface area contributed by atoms with Crippen LogP contribution in [0.5, 0.6) is 0 Å². The van der Waals surface area contributed by atoms with E-state index in [1.165, 1.54) is 0 Å². The monoisotopic (exact) mass is 250 g/mol. The number of halogens is 1. The zero-order valence-corrected chi connectivity index (χ0v) is 10.6. The van der Waals surface area contributed by atoms with Crippen LogP contribution < -0.4 is 5.32 Å². The molecule has 1 aromatic carbocycles. The molecule has 90 valence electrons. The Labute approximate surface area is 106 Å². The van der Waals surface area contributed by atoms with Crippen LogP contribution in [0.2, 0.25) is 5.02 Å². The average Bonchev–Trinajstić information content (AvgIpc) is 2.72. The molecule has 4 nitrogen and oxygen atoms in total. The molecule has 1 heterocycles. The maximum absolute atomic E-state index is 6.14. The highest BCUT2D eigenvalue weighted by atomic mass is 35.5. The quantitative estimate of drug-likeness (QED) is 0.906. The number of aryl methyl sites for hydroxylation is 1. The zero-order chi connectivity index (χ0) is 12.3. The van der Waals surface area contributed by atoms with E-state index < -0.39 is 0 Å². The van der Waals surface area contributed by atoms with Crippen LogP contribution in [0.1, 0.15) is 24.4 Å². The van der Waals surface area contributed by atoms with Crippen LogP contribution in [0.4, 0.5) is 0 Å². The molecule has 0 aliphatic rings. The van der Waals surface area contributed by atoms with Gasteiger partial charge in [-0.15, -0.1) is 0 Å². The van der Waals surface area contributed by atoms with Gasteiger partial charge in [-0.1, -0.05) is 29.8 Å². The fourth-order valence-corrected chi connectivity index (χ4v) is 1.96. The number of hydrogen-bond acceptors (Lipinski definition) is 3. The Kier molecular flexibility index (Phi) is 3.76. The Morgan fingerprint density at radius 3 is 2.82 bits per heavy atom. The van der Waals surface area contributed by atoms with Gasteiger partial charge >= 0.3 is 0 Å². The Balaban J connectivity index is 2.01. The van der Waals surface area contributed by atoms with Crippen molar-refractivity contribution in [1.82, 2.24) is 20.1 Å². The summed E-state index contributed by atoms with van der Waals surface area (Å²) in [5, 5.41) is 8.18. The molecular weight excluding hydrogens is 236 g/mol. The first-order valence-electron chi connectivity index (χ1n) is 5.49. The summed E-state index contributed by atoms with van der Waals surface area (Å²) < 4.78 is 1.76. The van der Waals surface area contributed by atoms with Gasteiger partial charge in [-0.05, 0) is 18.6 Å². The highest BCUT2D eigenvalue weighted by molar-refractivity contribution is 6.31. The van der Waals surface area contributed by atoms with Gasteiger partial charge in [0.1, 0.15) is 12.2 Å². The van der Waals surface area contributed by atoms with E-state index in [0.29, 0.717) is 6.54 Å². The molecule has 1 N–H and O–H groups in total. The second-order valence-corrected chi connectivity index (χ2v) is 4.33. The number of nitrogens with zero attached hydrogens (tertiary/aromatic N) is 3. The molecule has 2 aromatic rings. The predicted octanol–water partition coefficient (Wildman–Crippen LogP) is 2.32. The van der Waals surface area contributed by atoms with E-state index >= 15 is 0 Å². The lowest BCUT2D eigenvalue weighted by molar-refractivity contribution is 0.540. The molecule has 0 spiro atoms. The van der Waals surface area contributed by atoms with Crippen LogP contribution in [0.3, 0.4) is 0 Å². The molecule has 17 heavy (non-hydrogen) atoms. The molecule has 0 unspecified atom stereocenters. The Hall–Kier alpha value is -1.39. The lowest BCUT2D eigenvalue weighted by atomic mass is 10.1. The first kappa shape index (κ1) is 12.1. The molecule has 2 rings (SSSR count). The van der Waals surface area contributed by atoms with Crippen LogP contribution in [-0.4, -0.2) is 14.8 Å². The molecule has 0 radical (unpaired) electrons. The standard InChI is InChI=1S/C12H15ClN4/c1-9(10-5-3-4-6-11(10)13)14-7-12-15-8-16-17(12)2/h3-6,8-9,14H,7H2,1-2H3/t9-/m0/s1. The van der Waals surface area contributed by atoms with Crippen LogP contribution in [-0.2, 0) is 13.6 Å². The van der Waals surface area contributed by atoms with Crippen LogP contribution in [0.25, 0.3) is 0 Å². The van der Waals surface area contributed by atoms with Crippen molar-refractivity contribution in [3.8, 4) is 0 Å². The summed E-state index contributed by atoms with van der Waals surface area (Å²) >= 11 is 6.14. The molecule has 0 aliphatic heterocycles. The molecule has 0 fully saturated rings. The van der Waals surface area contributed by atoms with Gasteiger partial charge in [-0.2, -0.15) is 5.10 Å². The minimum absolute atomic E-state index is 0.181. The summed E-state index contributed by atoms with van der Waals surface area (Å²) in [6.45, 7) is 2.75. The predicted molar refractivity (Wildman–Crippen MR) is 67.7 cm³/mol. The molecule has 0 saturated heterocycles. The van der Waals surface area contributed by atoms with Crippen molar-refractivity contribution in [3.05, 3.63) is 47.0 Å². The lowest BCUT2D eigenvalue weighted by Crippen LogP contribution is -2.20. The van der Waals surface area contributed by atoms with Gasteiger partial charge in [-0.3, -0.25) is 4.68 Å². The van der Waals surface area contributed by atoms with Gasteiger partial charge in [0.05, 0.1) is 6.54 Å². The van der Waals surface area contributed by atoms with Crippen molar-refractivity contribution in [1.29, 1.82) is 0 Å². The number of hydrogen-bond donors (Lipinski definition) is 1. The second kappa shape index (κ2) is 5.29. The van der Waals surface area contributed by atoms with E-state index in [1.54, 1.807) is 11.0 Å². The largest absolute Gasteiger partial charge is 0.303 e. The third-order valence-electron chi connectivity index (χ3n) is 2.74. The van der Waals surface area contributed by atoms with E-state index in [0.717, 1.165) is 16.4 Å². The number of rotatable bonds is 4. The van der Waals surface area contributed by atoms with E-state index in [9.17, 15) is 0 Å². The lowest BCUT2D eigenvalue weighted by Gasteiger charge is -2.15. The van der Waals surface area contributed by atoms with Gasteiger partial charge in [0.2, 0.25) is 0 Å². The Morgan fingerprint density at radius 2 is 2.18 bits per heavy atom. The van der Waals surface area contributed by atoms with Gasteiger partial charge < -0.3 is 5.32 Å². The molecule has 0 saturated carbocycles. The molecular formula is C12H15ClN4. The van der Waals surface area contributed by atoms with E-state index in [4.69, 9.17) is 11.6 Å². The summed E-state index contributed by atoms with van der Waals surface area (Å²) in [6, 6.07) is 8.03. The summed E-state index contributed by atoms with van der Waals surface area (Å²) in [5.41, 5.74) is 1.09. The first-order chi connectivity index (χ1) is 8.18. The second-order valence-electron chi connectivity index (χ2n) is 3.92. The fourth-order valence-electron chi connectivity index (χ4n) is 1.66. The summed E-state index contributed by atoms with van der Waals surface area (Å²) in [6.07, 6.45) is 1.55. The molecule has 1 atom stereocenters. The molecule has 5 heteroatoms. The SMILES string of the molecule is C[C@H](NCc1ncnn1C)c1ccccc1Cl. The van der Waals surface area contributed by atoms with Crippen molar-refractivity contribution in [2.45, 2.75) is 19.5 Å². The fraction of sp³-hybridized carbons (Fsp3) is 0.333. The van der Waals surface area contributed by atoms with Gasteiger partial charge in [0.15, 0.2) is 0 Å². The number of nitrogens with one attached hydrogen (secondary N) is 1. The zero-order valence-electron chi connectivity index (χ0n) is 9.89. The molecule has 0 amide bonds. The highest BCUT2D eigenvalue weighted by Gasteiger charge is 2.09. The van der Waals surface area contributed by atoms with Crippen LogP contribution in [0.15, 0.2) is 30.6 Å². The normalized spacial score (nSPS) is 12.6. The minimum atomic E-state index is 0.181. The molecule has 1 aromatic heterocycles. The van der Waals surface area contributed by atoms with E-state index in [-0.39, 0.29) is 6.04 Å². The van der Waals surface area contributed by atoms with Crippen LogP contribution >= 0.6 is 11.6 Å². The Morgan fingerprint density at radius 1 is 1.41 bits per heavy atom. The van der Waals surface area contributed by atoms with Crippen molar-refractivity contribution in [3.63, 3.8) is 0 Å². The van der Waals surface area contributed by atoms with E-state index in [2.05, 4.69) is 22.3 Å². The van der Waals surface area contributed by atoms with Gasteiger partial charge in [0, 0.05) is 18.1 Å². The minimum Gasteiger partial charge on any atom is -0.303 e. The first-order valence-corrected chi connectivity index (χ1v) is 5.87. The topological polar surface area (TPSA) is 42.7 Å². The highest BCUT2D eigenvalue weighted by Crippen LogP contribution is 2.22. The third-order valence-corrected chi connectivity index (χ3v) is 3.09. The van der Waals surface area contributed by atoms with Gasteiger partial charge in [-0.25, -0.2) is 4.98 Å². The Bertz CT molecular complexity index is 495. The van der Waals surface area contributed by atoms with Crippen LogP contribution in [0, 0.1) is 0 Å². The molecule has 0 bridgehead atoms. The third kappa shape index (κ3) is 2.84. The number of aromatic nitrogens is 3. The maximum Gasteiger partial charge on any atom is 0.140 e. The summed E-state index contributed by atoms with van der Waals surface area (Å²) in [5.74, 6) is 0.906. The number of benzene rings is 1. The summed E-state index contributed by atoms with van der Waals surface area (Å²) in [4.78, 5) is 4.16.